The van der Waals surface area contributed by atoms with E-state index in [0.29, 0.717) is 24.5 Å². The third kappa shape index (κ3) is 5.59. The van der Waals surface area contributed by atoms with Gasteiger partial charge in [-0.1, -0.05) is 25.5 Å². The lowest BCUT2D eigenvalue weighted by Crippen LogP contribution is -2.37. The Balaban J connectivity index is 2.56. The Labute approximate surface area is 121 Å². The van der Waals surface area contributed by atoms with Crippen LogP contribution in [0.2, 0.25) is 0 Å². The molecule has 5 nitrogen and oxygen atoms in total. The van der Waals surface area contributed by atoms with Gasteiger partial charge in [0.2, 0.25) is 5.91 Å². The van der Waals surface area contributed by atoms with Gasteiger partial charge in [0.15, 0.2) is 0 Å². The van der Waals surface area contributed by atoms with Gasteiger partial charge in [-0.3, -0.25) is 9.69 Å². The summed E-state index contributed by atoms with van der Waals surface area (Å²) in [5, 5.41) is 2.88. The van der Waals surface area contributed by atoms with E-state index in [-0.39, 0.29) is 5.91 Å². The molecule has 0 saturated carbocycles. The first-order valence-electron chi connectivity index (χ1n) is 7.06. The Hall–Kier alpha value is -1.59. The Morgan fingerprint density at radius 2 is 2.10 bits per heavy atom. The van der Waals surface area contributed by atoms with Crippen LogP contribution in [-0.4, -0.2) is 44.1 Å². The van der Waals surface area contributed by atoms with Crippen LogP contribution >= 0.6 is 0 Å². The van der Waals surface area contributed by atoms with Crippen molar-refractivity contribution in [2.24, 2.45) is 5.73 Å². The SMILES string of the molecule is CCCCN(CCN)CC(=O)Nc1ccccc1OC. The van der Waals surface area contributed by atoms with Crippen molar-refractivity contribution < 1.29 is 9.53 Å². The number of nitrogens with zero attached hydrogens (tertiary/aromatic N) is 1. The van der Waals surface area contributed by atoms with Crippen LogP contribution in [0.4, 0.5) is 5.69 Å². The van der Waals surface area contributed by atoms with Crippen molar-refractivity contribution in [2.45, 2.75) is 19.8 Å². The summed E-state index contributed by atoms with van der Waals surface area (Å²) in [5.74, 6) is 0.624. The average molecular weight is 279 g/mol. The van der Waals surface area contributed by atoms with E-state index < -0.39 is 0 Å². The minimum absolute atomic E-state index is 0.0425. The highest BCUT2D eigenvalue weighted by Gasteiger charge is 2.11. The molecule has 0 aliphatic carbocycles. The van der Waals surface area contributed by atoms with Gasteiger partial charge < -0.3 is 15.8 Å². The quantitative estimate of drug-likeness (QED) is 0.722. The first-order valence-corrected chi connectivity index (χ1v) is 7.06. The average Bonchev–Trinajstić information content (AvgIpc) is 2.45. The highest BCUT2D eigenvalue weighted by molar-refractivity contribution is 5.93. The highest BCUT2D eigenvalue weighted by Crippen LogP contribution is 2.22. The molecule has 0 bridgehead atoms. The highest BCUT2D eigenvalue weighted by atomic mass is 16.5. The third-order valence-electron chi connectivity index (χ3n) is 3.02. The Kier molecular flexibility index (Phi) is 7.69. The molecule has 112 valence electrons. The van der Waals surface area contributed by atoms with Crippen molar-refractivity contribution >= 4 is 11.6 Å². The van der Waals surface area contributed by atoms with Gasteiger partial charge in [0, 0.05) is 13.1 Å². The number of carbonyl (C=O) groups is 1. The lowest BCUT2D eigenvalue weighted by atomic mass is 10.2. The summed E-state index contributed by atoms with van der Waals surface area (Å²) in [7, 11) is 1.59. The molecule has 1 aromatic rings. The molecule has 0 radical (unpaired) electrons. The number of hydrogen-bond donors (Lipinski definition) is 2. The number of nitrogens with two attached hydrogens (primary N) is 1. The number of ether oxygens (including phenoxy) is 1. The lowest BCUT2D eigenvalue weighted by molar-refractivity contribution is -0.117. The molecule has 1 amide bonds. The van der Waals surface area contributed by atoms with Crippen LogP contribution in [-0.2, 0) is 4.79 Å². The van der Waals surface area contributed by atoms with E-state index in [1.54, 1.807) is 7.11 Å². The Morgan fingerprint density at radius 1 is 1.35 bits per heavy atom. The molecular formula is C15H25N3O2. The van der Waals surface area contributed by atoms with Crippen LogP contribution in [0.25, 0.3) is 0 Å². The van der Waals surface area contributed by atoms with Gasteiger partial charge in [-0.05, 0) is 25.1 Å². The van der Waals surface area contributed by atoms with Crippen molar-refractivity contribution in [1.82, 2.24) is 4.90 Å². The normalized spacial score (nSPS) is 10.6. The van der Waals surface area contributed by atoms with E-state index in [1.807, 2.05) is 24.3 Å². The monoisotopic (exact) mass is 279 g/mol. The molecule has 1 aromatic carbocycles. The minimum Gasteiger partial charge on any atom is -0.495 e. The number of nitrogens with one attached hydrogen (secondary N) is 1. The topological polar surface area (TPSA) is 67.6 Å². The summed E-state index contributed by atoms with van der Waals surface area (Å²) in [4.78, 5) is 14.2. The van der Waals surface area contributed by atoms with Crippen LogP contribution in [0.3, 0.4) is 0 Å². The van der Waals surface area contributed by atoms with Crippen LogP contribution in [0, 0.1) is 0 Å². The largest absolute Gasteiger partial charge is 0.495 e. The van der Waals surface area contributed by atoms with Gasteiger partial charge in [-0.2, -0.15) is 0 Å². The maximum atomic E-state index is 12.1. The van der Waals surface area contributed by atoms with E-state index in [9.17, 15) is 4.79 Å². The molecule has 20 heavy (non-hydrogen) atoms. The fourth-order valence-corrected chi connectivity index (χ4v) is 1.97. The maximum absolute atomic E-state index is 12.1. The number of methoxy groups -OCH3 is 1. The van der Waals surface area contributed by atoms with Crippen molar-refractivity contribution in [2.75, 3.05) is 38.6 Å². The predicted molar refractivity (Wildman–Crippen MR) is 82.0 cm³/mol. The predicted octanol–water partition coefficient (Wildman–Crippen LogP) is 1.69. The van der Waals surface area contributed by atoms with Gasteiger partial charge in [-0.15, -0.1) is 0 Å². The van der Waals surface area contributed by atoms with Gasteiger partial charge in [0.25, 0.3) is 0 Å². The Morgan fingerprint density at radius 3 is 2.75 bits per heavy atom. The molecule has 0 aromatic heterocycles. The zero-order chi connectivity index (χ0) is 14.8. The number of unbranched alkanes of at least 4 members (excludes halogenated alkanes) is 1. The molecule has 0 spiro atoms. The maximum Gasteiger partial charge on any atom is 0.238 e. The van der Waals surface area contributed by atoms with Crippen molar-refractivity contribution in [3.05, 3.63) is 24.3 Å². The van der Waals surface area contributed by atoms with Gasteiger partial charge in [-0.25, -0.2) is 0 Å². The van der Waals surface area contributed by atoms with E-state index >= 15 is 0 Å². The van der Waals surface area contributed by atoms with Crippen LogP contribution < -0.4 is 15.8 Å². The second-order valence-electron chi connectivity index (χ2n) is 4.67. The first-order chi connectivity index (χ1) is 9.71. The fraction of sp³-hybridized carbons (Fsp3) is 0.533. The lowest BCUT2D eigenvalue weighted by Gasteiger charge is -2.21. The fourth-order valence-electron chi connectivity index (χ4n) is 1.97. The molecule has 0 fully saturated rings. The molecule has 0 aliphatic heterocycles. The van der Waals surface area contributed by atoms with Crippen LogP contribution in [0.1, 0.15) is 19.8 Å². The summed E-state index contributed by atoms with van der Waals surface area (Å²) in [6.07, 6.45) is 2.18. The van der Waals surface area contributed by atoms with Gasteiger partial charge in [0.05, 0.1) is 19.3 Å². The smallest absolute Gasteiger partial charge is 0.238 e. The van der Waals surface area contributed by atoms with E-state index in [0.717, 1.165) is 25.9 Å². The van der Waals surface area contributed by atoms with Crippen LogP contribution in [0.5, 0.6) is 5.75 Å². The molecule has 0 unspecified atom stereocenters. The zero-order valence-electron chi connectivity index (χ0n) is 12.4. The molecule has 3 N–H and O–H groups in total. The zero-order valence-corrected chi connectivity index (χ0v) is 12.4. The standard InChI is InChI=1S/C15H25N3O2/c1-3-4-10-18(11-9-16)12-15(19)17-13-7-5-6-8-14(13)20-2/h5-8H,3-4,9-12,16H2,1-2H3,(H,17,19). The summed E-state index contributed by atoms with van der Waals surface area (Å²) >= 11 is 0. The number of carbonyl (C=O) groups excluding carboxylic acids is 1. The summed E-state index contributed by atoms with van der Waals surface area (Å²) in [5.41, 5.74) is 6.28. The molecule has 5 heteroatoms. The van der Waals surface area contributed by atoms with Crippen molar-refractivity contribution in [3.8, 4) is 5.75 Å². The van der Waals surface area contributed by atoms with E-state index in [2.05, 4.69) is 17.1 Å². The van der Waals surface area contributed by atoms with Crippen molar-refractivity contribution in [3.63, 3.8) is 0 Å². The molecule has 0 saturated heterocycles. The Bertz CT molecular complexity index is 410. The second-order valence-corrected chi connectivity index (χ2v) is 4.67. The third-order valence-corrected chi connectivity index (χ3v) is 3.02. The number of amides is 1. The van der Waals surface area contributed by atoms with E-state index in [1.165, 1.54) is 0 Å². The van der Waals surface area contributed by atoms with Crippen molar-refractivity contribution in [1.29, 1.82) is 0 Å². The summed E-state index contributed by atoms with van der Waals surface area (Å²) in [6, 6.07) is 7.39. The number of benzene rings is 1. The first kappa shape index (κ1) is 16.5. The van der Waals surface area contributed by atoms with E-state index in [4.69, 9.17) is 10.5 Å². The summed E-state index contributed by atoms with van der Waals surface area (Å²) < 4.78 is 5.22. The second kappa shape index (κ2) is 9.34. The summed E-state index contributed by atoms with van der Waals surface area (Å²) in [6.45, 7) is 4.68. The molecular weight excluding hydrogens is 254 g/mol. The molecule has 1 rings (SSSR count). The minimum atomic E-state index is -0.0425. The van der Waals surface area contributed by atoms with Gasteiger partial charge in [0.1, 0.15) is 5.75 Å². The number of para-hydroxylation sites is 2. The number of hydrogen-bond acceptors (Lipinski definition) is 4. The molecule has 0 aliphatic rings. The molecule has 0 atom stereocenters. The number of rotatable bonds is 9. The number of anilines is 1. The van der Waals surface area contributed by atoms with Crippen LogP contribution in [0.15, 0.2) is 24.3 Å². The molecule has 0 heterocycles. The van der Waals surface area contributed by atoms with Gasteiger partial charge >= 0.3 is 0 Å².